The van der Waals surface area contributed by atoms with E-state index in [-0.39, 0.29) is 20.5 Å². The average Bonchev–Trinajstić information content (AvgIpc) is 2.19. The number of ether oxygens (including phenoxy) is 1. The maximum absolute atomic E-state index is 11.1. The number of carbonyl (C=O) groups excluding carboxylic acids is 1. The van der Waals surface area contributed by atoms with Gasteiger partial charge in [0.25, 0.3) is 0 Å². The molecular weight excluding hydrogens is 224 g/mol. The molecule has 0 spiro atoms. The molecule has 0 radical (unpaired) electrons. The van der Waals surface area contributed by atoms with E-state index in [9.17, 15) is 4.79 Å². The van der Waals surface area contributed by atoms with Gasteiger partial charge in [0.2, 0.25) is 0 Å². The summed E-state index contributed by atoms with van der Waals surface area (Å²) in [5.74, 6) is -0.642. The van der Waals surface area contributed by atoms with E-state index >= 15 is 0 Å². The number of unbranched alkanes of at least 4 members (excludes halogenated alkanes) is 1. The molecule has 0 amide bonds. The van der Waals surface area contributed by atoms with E-state index < -0.39 is 5.97 Å². The fourth-order valence-corrected chi connectivity index (χ4v) is 1.00. The van der Waals surface area contributed by atoms with Crippen LogP contribution in [0.25, 0.3) is 0 Å². The van der Waals surface area contributed by atoms with Gasteiger partial charge in [-0.1, -0.05) is 0 Å². The molecule has 0 aromatic rings. The van der Waals surface area contributed by atoms with Gasteiger partial charge < -0.3 is 0 Å². The van der Waals surface area contributed by atoms with E-state index in [2.05, 4.69) is 0 Å². The number of carbonyl (C=O) groups is 1. The van der Waals surface area contributed by atoms with Crippen molar-refractivity contribution in [2.24, 2.45) is 0 Å². The van der Waals surface area contributed by atoms with Gasteiger partial charge in [0, 0.05) is 0 Å². The predicted octanol–water partition coefficient (Wildman–Crippen LogP) is 1.30. The predicted molar refractivity (Wildman–Crippen MR) is 45.2 cm³/mol. The Bertz CT molecular complexity index is 299. The zero-order valence-corrected chi connectivity index (χ0v) is 8.87. The second-order valence-electron chi connectivity index (χ2n) is 2.30. The Kier molecular flexibility index (Phi) is 7.55. The quantitative estimate of drug-likeness (QED) is 0.236. The molecule has 0 aromatic carbocycles. The van der Waals surface area contributed by atoms with Crippen LogP contribution in [-0.4, -0.2) is 12.6 Å². The van der Waals surface area contributed by atoms with Crippen LogP contribution in [0.5, 0.6) is 0 Å². The summed E-state index contributed by atoms with van der Waals surface area (Å²) < 4.78 is 4.79. The fraction of sp³-hybridized carbons (Fsp3) is 0.444. The van der Waals surface area contributed by atoms with Gasteiger partial charge in [-0.25, -0.2) is 0 Å². The van der Waals surface area contributed by atoms with Crippen molar-refractivity contribution in [3.8, 4) is 11.0 Å². The van der Waals surface area contributed by atoms with Crippen molar-refractivity contribution in [1.29, 1.82) is 10.5 Å². The van der Waals surface area contributed by atoms with Gasteiger partial charge in [-0.3, -0.25) is 0 Å². The number of nitriles is 2. The Labute approximate surface area is 89.3 Å². The van der Waals surface area contributed by atoms with E-state index in [0.29, 0.717) is 6.61 Å². The monoisotopic (exact) mass is 234 g/mol. The molecule has 0 heterocycles. The van der Waals surface area contributed by atoms with Crippen LogP contribution in [0, 0.1) is 21.6 Å². The molecular formula is C9H10FeN2O2. The molecule has 0 aliphatic heterocycles. The Morgan fingerprint density at radius 1 is 1.57 bits per heavy atom. The number of rotatable bonds is 5. The second kappa shape index (κ2) is 8.31. The second-order valence-corrected chi connectivity index (χ2v) is 3.18. The van der Waals surface area contributed by atoms with Crippen molar-refractivity contribution >= 4 is 5.97 Å². The summed E-state index contributed by atoms with van der Waals surface area (Å²) in [5.41, 5.74) is -0.0948. The fourth-order valence-electron chi connectivity index (χ4n) is 0.571. The molecule has 0 aliphatic rings. The van der Waals surface area contributed by atoms with E-state index in [1.165, 1.54) is 4.97 Å². The van der Waals surface area contributed by atoms with Crippen molar-refractivity contribution < 1.29 is 24.5 Å². The van der Waals surface area contributed by atoms with Crippen molar-refractivity contribution in [1.82, 2.24) is 0 Å². The Hall–Kier alpha value is -1.29. The first-order valence-corrected chi connectivity index (χ1v) is 5.21. The van der Waals surface area contributed by atoms with Crippen molar-refractivity contribution in [3.63, 3.8) is 0 Å². The van der Waals surface area contributed by atoms with Crippen LogP contribution in [0.15, 0.2) is 10.5 Å². The van der Waals surface area contributed by atoms with Gasteiger partial charge in [-0.05, 0) is 0 Å². The topological polar surface area (TPSA) is 73.9 Å². The first-order valence-electron chi connectivity index (χ1n) is 4.02. The zero-order chi connectivity index (χ0) is 10.8. The van der Waals surface area contributed by atoms with Gasteiger partial charge in [0.1, 0.15) is 0 Å². The van der Waals surface area contributed by atoms with Crippen LogP contribution in [0.1, 0.15) is 19.8 Å². The summed E-state index contributed by atoms with van der Waals surface area (Å²) in [6, 6.07) is 1.70. The SMILES string of the molecule is CCCCOC(=O)C(C#N)=[CH][Fe][C]#N. The summed E-state index contributed by atoms with van der Waals surface area (Å²) in [6.07, 6.45) is 1.71. The van der Waals surface area contributed by atoms with Gasteiger partial charge >= 0.3 is 88.9 Å². The Morgan fingerprint density at radius 2 is 2.29 bits per heavy atom. The third-order valence-electron chi connectivity index (χ3n) is 1.27. The third-order valence-corrected chi connectivity index (χ3v) is 1.89. The van der Waals surface area contributed by atoms with Gasteiger partial charge in [0.15, 0.2) is 0 Å². The summed E-state index contributed by atoms with van der Waals surface area (Å²) >= 11 is 0.0474. The van der Waals surface area contributed by atoms with Crippen LogP contribution in [0.3, 0.4) is 0 Å². The first-order chi connectivity index (χ1) is 6.76. The number of esters is 1. The van der Waals surface area contributed by atoms with E-state index in [0.717, 1.165) is 12.8 Å². The molecule has 76 valence electrons. The summed E-state index contributed by atoms with van der Waals surface area (Å²) in [6.45, 7) is 2.30. The molecule has 0 rings (SSSR count). The number of hydrogen-bond acceptors (Lipinski definition) is 4. The van der Waals surface area contributed by atoms with Crippen LogP contribution in [0.4, 0.5) is 0 Å². The molecule has 5 heteroatoms. The van der Waals surface area contributed by atoms with E-state index in [1.54, 1.807) is 6.07 Å². The van der Waals surface area contributed by atoms with Crippen LogP contribution in [-0.2, 0) is 24.5 Å². The summed E-state index contributed by atoms with van der Waals surface area (Å²) in [4.78, 5) is 14.2. The van der Waals surface area contributed by atoms with Gasteiger partial charge in [0.05, 0.1) is 0 Å². The normalized spacial score (nSPS) is 10.4. The summed E-state index contributed by atoms with van der Waals surface area (Å²) in [7, 11) is 0. The Morgan fingerprint density at radius 3 is 2.79 bits per heavy atom. The summed E-state index contributed by atoms with van der Waals surface area (Å²) in [5, 5.41) is 16.8. The molecule has 0 atom stereocenters. The van der Waals surface area contributed by atoms with Crippen molar-refractivity contribution in [2.75, 3.05) is 6.61 Å². The van der Waals surface area contributed by atoms with Crippen LogP contribution in [0.2, 0.25) is 0 Å². The number of nitrogens with zero attached hydrogens (tertiary/aromatic N) is 2. The molecule has 0 saturated carbocycles. The standard InChI is InChI=1S/C8H10NO2.CN.Fe/c1-3-4-5-11-8(10)7(2)6-9;1-2;/h2H,3-5H2,1H3;;. The molecule has 0 fully saturated rings. The molecule has 0 unspecified atom stereocenters. The first kappa shape index (κ1) is 12.7. The van der Waals surface area contributed by atoms with E-state index in [4.69, 9.17) is 15.3 Å². The maximum atomic E-state index is 11.1. The molecule has 0 aromatic heterocycles. The number of hydrogen-bond donors (Lipinski definition) is 0. The third kappa shape index (κ3) is 5.37. The van der Waals surface area contributed by atoms with Gasteiger partial charge in [-0.2, -0.15) is 0 Å². The zero-order valence-electron chi connectivity index (χ0n) is 7.76. The van der Waals surface area contributed by atoms with Crippen LogP contribution < -0.4 is 0 Å². The van der Waals surface area contributed by atoms with Crippen molar-refractivity contribution in [2.45, 2.75) is 19.8 Å². The molecule has 4 nitrogen and oxygen atoms in total. The van der Waals surface area contributed by atoms with E-state index in [1.807, 2.05) is 11.9 Å². The average molecular weight is 234 g/mol. The molecule has 0 saturated heterocycles. The molecule has 0 N–H and O–H groups in total. The van der Waals surface area contributed by atoms with Crippen molar-refractivity contribution in [3.05, 3.63) is 10.5 Å². The Balaban J connectivity index is 4.08. The molecule has 0 aliphatic carbocycles. The molecule has 14 heavy (non-hydrogen) atoms. The minimum atomic E-state index is -0.642. The minimum absolute atomic E-state index is 0.0474. The molecule has 0 bridgehead atoms. The van der Waals surface area contributed by atoms with Gasteiger partial charge in [-0.15, -0.1) is 0 Å². The van der Waals surface area contributed by atoms with Crippen LogP contribution >= 0.6 is 0 Å².